The maximum absolute atomic E-state index is 13.2. The quantitative estimate of drug-likeness (QED) is 0.567. The molecule has 2 fully saturated rings. The first-order valence-corrected chi connectivity index (χ1v) is 9.60. The summed E-state index contributed by atoms with van der Waals surface area (Å²) in [6.07, 6.45) is 6.96. The van der Waals surface area contributed by atoms with Crippen LogP contribution in [0.15, 0.2) is 29.3 Å². The van der Waals surface area contributed by atoms with Crippen molar-refractivity contribution in [3.05, 3.63) is 35.6 Å². The summed E-state index contributed by atoms with van der Waals surface area (Å²) in [5.41, 5.74) is 1.25. The van der Waals surface area contributed by atoms with Crippen LogP contribution in [0.4, 0.5) is 4.39 Å². The van der Waals surface area contributed by atoms with Crippen LogP contribution < -0.4 is 10.6 Å². The Kier molecular flexibility index (Phi) is 5.94. The number of rotatable bonds is 5. The van der Waals surface area contributed by atoms with Crippen molar-refractivity contribution in [2.24, 2.45) is 4.99 Å². The van der Waals surface area contributed by atoms with Gasteiger partial charge in [0.2, 0.25) is 0 Å². The molecule has 5 heteroatoms. The van der Waals surface area contributed by atoms with Crippen molar-refractivity contribution in [1.29, 1.82) is 0 Å². The Bertz CT molecular complexity index is 575. The van der Waals surface area contributed by atoms with Gasteiger partial charge in [-0.25, -0.2) is 4.39 Å². The first-order valence-electron chi connectivity index (χ1n) is 9.60. The summed E-state index contributed by atoms with van der Waals surface area (Å²) in [5.74, 6) is 0.675. The van der Waals surface area contributed by atoms with E-state index in [1.165, 1.54) is 12.0 Å². The molecule has 2 aliphatic carbocycles. The highest BCUT2D eigenvalue weighted by Crippen LogP contribution is 2.44. The molecule has 2 saturated carbocycles. The van der Waals surface area contributed by atoms with E-state index in [9.17, 15) is 9.50 Å². The molecule has 0 atom stereocenters. The van der Waals surface area contributed by atoms with E-state index >= 15 is 0 Å². The third-order valence-electron chi connectivity index (χ3n) is 5.69. The van der Waals surface area contributed by atoms with E-state index in [2.05, 4.69) is 17.6 Å². The van der Waals surface area contributed by atoms with E-state index in [0.717, 1.165) is 57.6 Å². The fourth-order valence-corrected chi connectivity index (χ4v) is 3.91. The second-order valence-corrected chi connectivity index (χ2v) is 7.49. The zero-order chi connectivity index (χ0) is 17.7. The summed E-state index contributed by atoms with van der Waals surface area (Å²) < 4.78 is 13.2. The highest BCUT2D eigenvalue weighted by molar-refractivity contribution is 5.80. The minimum atomic E-state index is -0.184. The molecule has 138 valence electrons. The van der Waals surface area contributed by atoms with E-state index in [0.29, 0.717) is 6.04 Å². The van der Waals surface area contributed by atoms with Crippen LogP contribution in [0, 0.1) is 5.82 Å². The predicted molar refractivity (Wildman–Crippen MR) is 99.3 cm³/mol. The summed E-state index contributed by atoms with van der Waals surface area (Å²) in [7, 11) is 0. The molecule has 0 aromatic heterocycles. The SMILES string of the molecule is CCNC(=NCC1(c2ccc(F)cc2)CCC1)NC1CCC(O)CC1. The average Bonchev–Trinajstić information content (AvgIpc) is 2.57. The number of aliphatic hydroxyl groups excluding tert-OH is 1. The second-order valence-electron chi connectivity index (χ2n) is 7.49. The first-order chi connectivity index (χ1) is 12.1. The van der Waals surface area contributed by atoms with Crippen LogP contribution in [0.3, 0.4) is 0 Å². The number of halogens is 1. The highest BCUT2D eigenvalue weighted by atomic mass is 19.1. The lowest BCUT2D eigenvalue weighted by Gasteiger charge is -2.41. The van der Waals surface area contributed by atoms with Crippen molar-refractivity contribution in [1.82, 2.24) is 10.6 Å². The van der Waals surface area contributed by atoms with Gasteiger partial charge in [-0.05, 0) is 63.1 Å². The Morgan fingerprint density at radius 2 is 1.88 bits per heavy atom. The van der Waals surface area contributed by atoms with Gasteiger partial charge < -0.3 is 15.7 Å². The number of hydrogen-bond donors (Lipinski definition) is 3. The zero-order valence-corrected chi connectivity index (χ0v) is 15.1. The fraction of sp³-hybridized carbons (Fsp3) is 0.650. The number of aliphatic hydroxyl groups is 1. The van der Waals surface area contributed by atoms with Gasteiger partial charge >= 0.3 is 0 Å². The monoisotopic (exact) mass is 347 g/mol. The lowest BCUT2D eigenvalue weighted by Crippen LogP contribution is -2.46. The maximum atomic E-state index is 13.2. The van der Waals surface area contributed by atoms with Crippen LogP contribution in [0.1, 0.15) is 57.4 Å². The third-order valence-corrected chi connectivity index (χ3v) is 5.69. The second kappa shape index (κ2) is 8.17. The molecule has 0 saturated heterocycles. The Morgan fingerprint density at radius 3 is 2.44 bits per heavy atom. The van der Waals surface area contributed by atoms with Crippen LogP contribution in [-0.2, 0) is 5.41 Å². The van der Waals surface area contributed by atoms with Crippen molar-refractivity contribution < 1.29 is 9.50 Å². The molecule has 0 unspecified atom stereocenters. The van der Waals surface area contributed by atoms with Gasteiger partial charge in [0.25, 0.3) is 0 Å². The van der Waals surface area contributed by atoms with Crippen LogP contribution >= 0.6 is 0 Å². The fourth-order valence-electron chi connectivity index (χ4n) is 3.91. The summed E-state index contributed by atoms with van der Waals surface area (Å²) in [6.45, 7) is 3.62. The molecule has 0 radical (unpaired) electrons. The van der Waals surface area contributed by atoms with Gasteiger partial charge in [-0.15, -0.1) is 0 Å². The first kappa shape index (κ1) is 18.2. The molecule has 2 aliphatic rings. The predicted octanol–water partition coefficient (Wildman–Crippen LogP) is 3.11. The van der Waals surface area contributed by atoms with E-state index in [1.807, 2.05) is 12.1 Å². The lowest BCUT2D eigenvalue weighted by atomic mass is 9.64. The molecular formula is C20H30FN3O. The van der Waals surface area contributed by atoms with Gasteiger partial charge in [0, 0.05) is 18.0 Å². The minimum Gasteiger partial charge on any atom is -0.393 e. The Labute approximate surface area is 149 Å². The number of aliphatic imine (C=N–C) groups is 1. The molecule has 3 rings (SSSR count). The van der Waals surface area contributed by atoms with Crippen LogP contribution in [0.5, 0.6) is 0 Å². The summed E-state index contributed by atoms with van der Waals surface area (Å²) in [5, 5.41) is 16.5. The van der Waals surface area contributed by atoms with E-state index < -0.39 is 0 Å². The van der Waals surface area contributed by atoms with Crippen molar-refractivity contribution >= 4 is 5.96 Å². The zero-order valence-electron chi connectivity index (χ0n) is 15.1. The summed E-state index contributed by atoms with van der Waals surface area (Å²) >= 11 is 0. The van der Waals surface area contributed by atoms with E-state index in [-0.39, 0.29) is 17.3 Å². The Balaban J connectivity index is 1.66. The number of benzene rings is 1. The van der Waals surface area contributed by atoms with Gasteiger partial charge in [0.15, 0.2) is 5.96 Å². The molecule has 0 spiro atoms. The molecule has 3 N–H and O–H groups in total. The van der Waals surface area contributed by atoms with Crippen LogP contribution in [0.2, 0.25) is 0 Å². The van der Waals surface area contributed by atoms with Gasteiger partial charge in [-0.3, -0.25) is 4.99 Å². The van der Waals surface area contributed by atoms with Crippen molar-refractivity contribution in [2.75, 3.05) is 13.1 Å². The molecule has 0 aliphatic heterocycles. The van der Waals surface area contributed by atoms with Crippen molar-refractivity contribution in [3.63, 3.8) is 0 Å². The normalized spacial score (nSPS) is 26.0. The molecule has 25 heavy (non-hydrogen) atoms. The Hall–Kier alpha value is -1.62. The molecule has 0 bridgehead atoms. The number of guanidine groups is 1. The standard InChI is InChI=1S/C20H30FN3O/c1-2-22-19(24-17-8-10-18(25)11-9-17)23-14-20(12-3-13-20)15-4-6-16(21)7-5-15/h4-7,17-18,25H,2-3,8-14H2,1H3,(H2,22,23,24). The van der Waals surface area contributed by atoms with Crippen molar-refractivity contribution in [3.8, 4) is 0 Å². The molecule has 0 amide bonds. The summed E-state index contributed by atoms with van der Waals surface area (Å²) in [4.78, 5) is 4.86. The summed E-state index contributed by atoms with van der Waals surface area (Å²) in [6, 6.07) is 7.30. The number of nitrogens with zero attached hydrogens (tertiary/aromatic N) is 1. The van der Waals surface area contributed by atoms with Gasteiger partial charge in [-0.2, -0.15) is 0 Å². The van der Waals surface area contributed by atoms with Gasteiger partial charge in [0.1, 0.15) is 5.82 Å². The number of nitrogens with one attached hydrogen (secondary N) is 2. The van der Waals surface area contributed by atoms with Gasteiger partial charge in [0.05, 0.1) is 12.6 Å². The average molecular weight is 347 g/mol. The topological polar surface area (TPSA) is 56.7 Å². The van der Waals surface area contributed by atoms with E-state index in [4.69, 9.17) is 4.99 Å². The Morgan fingerprint density at radius 1 is 1.20 bits per heavy atom. The molecule has 1 aromatic rings. The third kappa shape index (κ3) is 4.51. The molecule has 4 nitrogen and oxygen atoms in total. The number of hydrogen-bond acceptors (Lipinski definition) is 2. The van der Waals surface area contributed by atoms with E-state index in [1.54, 1.807) is 12.1 Å². The molecule has 1 aromatic carbocycles. The smallest absolute Gasteiger partial charge is 0.191 e. The lowest BCUT2D eigenvalue weighted by molar-refractivity contribution is 0.120. The van der Waals surface area contributed by atoms with Crippen LogP contribution in [0.25, 0.3) is 0 Å². The minimum absolute atomic E-state index is 0.0544. The highest BCUT2D eigenvalue weighted by Gasteiger charge is 2.38. The molecule has 0 heterocycles. The van der Waals surface area contributed by atoms with Crippen LogP contribution in [-0.4, -0.2) is 36.3 Å². The van der Waals surface area contributed by atoms with Gasteiger partial charge in [-0.1, -0.05) is 18.6 Å². The maximum Gasteiger partial charge on any atom is 0.191 e. The molecular weight excluding hydrogens is 317 g/mol. The largest absolute Gasteiger partial charge is 0.393 e. The van der Waals surface area contributed by atoms with Crippen molar-refractivity contribution in [2.45, 2.75) is 69.4 Å².